The minimum absolute atomic E-state index is 0.498. The summed E-state index contributed by atoms with van der Waals surface area (Å²) in [6.45, 7) is 4.58. The number of aryl methyl sites for hydroxylation is 1. The van der Waals surface area contributed by atoms with E-state index in [4.69, 9.17) is 10.7 Å². The second kappa shape index (κ2) is 5.71. The van der Waals surface area contributed by atoms with Gasteiger partial charge in [0, 0.05) is 11.6 Å². The van der Waals surface area contributed by atoms with Gasteiger partial charge in [-0.15, -0.1) is 0 Å². The third-order valence-electron chi connectivity index (χ3n) is 5.24. The summed E-state index contributed by atoms with van der Waals surface area (Å²) >= 11 is 0. The van der Waals surface area contributed by atoms with Crippen molar-refractivity contribution in [3.8, 4) is 0 Å². The monoisotopic (exact) mass is 273 g/mol. The van der Waals surface area contributed by atoms with E-state index in [1.54, 1.807) is 0 Å². The fraction of sp³-hybridized carbons (Fsp3) is 0.765. The molecule has 0 aliphatic heterocycles. The van der Waals surface area contributed by atoms with Gasteiger partial charge in [0.15, 0.2) is 0 Å². The Hall–Kier alpha value is -1.12. The van der Waals surface area contributed by atoms with Gasteiger partial charge in [-0.1, -0.05) is 39.5 Å². The standard InChI is InChI=1S/C17H27N3/c1-3-5-7-13-11(6-4-2)10-12-8-9-14-15(12)16(13)20-17(18)19-14/h11-13H,3-10H2,1-2H3,(H2,18,19,20)/t11-,12?,13-/m1/s1. The fourth-order valence-corrected chi connectivity index (χ4v) is 4.40. The molecule has 2 N–H and O–H groups in total. The molecule has 0 aromatic carbocycles. The van der Waals surface area contributed by atoms with E-state index in [9.17, 15) is 0 Å². The molecule has 20 heavy (non-hydrogen) atoms. The van der Waals surface area contributed by atoms with Gasteiger partial charge in [0.25, 0.3) is 0 Å². The van der Waals surface area contributed by atoms with E-state index in [1.165, 1.54) is 61.9 Å². The van der Waals surface area contributed by atoms with Crippen molar-refractivity contribution >= 4 is 5.95 Å². The Kier molecular flexibility index (Phi) is 3.95. The third kappa shape index (κ3) is 2.32. The van der Waals surface area contributed by atoms with Gasteiger partial charge in [-0.2, -0.15) is 0 Å². The number of nitrogen functional groups attached to an aromatic ring is 1. The van der Waals surface area contributed by atoms with Gasteiger partial charge in [-0.3, -0.25) is 0 Å². The fourth-order valence-electron chi connectivity index (χ4n) is 4.40. The molecule has 0 saturated carbocycles. The van der Waals surface area contributed by atoms with Crippen LogP contribution in [0.3, 0.4) is 0 Å². The molecule has 3 atom stereocenters. The Morgan fingerprint density at radius 2 is 2.00 bits per heavy atom. The van der Waals surface area contributed by atoms with Crippen molar-refractivity contribution in [2.24, 2.45) is 5.92 Å². The van der Waals surface area contributed by atoms with Crippen LogP contribution in [0.25, 0.3) is 0 Å². The Balaban J connectivity index is 1.99. The maximum absolute atomic E-state index is 5.96. The van der Waals surface area contributed by atoms with Crippen molar-refractivity contribution in [1.82, 2.24) is 9.97 Å². The second-order valence-corrected chi connectivity index (χ2v) is 6.60. The summed E-state index contributed by atoms with van der Waals surface area (Å²) in [6.07, 6.45) is 10.2. The zero-order valence-electron chi connectivity index (χ0n) is 12.9. The predicted molar refractivity (Wildman–Crippen MR) is 82.8 cm³/mol. The minimum atomic E-state index is 0.498. The lowest BCUT2D eigenvalue weighted by atomic mass is 9.70. The Bertz CT molecular complexity index is 483. The topological polar surface area (TPSA) is 51.8 Å². The van der Waals surface area contributed by atoms with Crippen molar-refractivity contribution in [2.75, 3.05) is 5.73 Å². The molecular weight excluding hydrogens is 246 g/mol. The molecule has 2 aliphatic rings. The van der Waals surface area contributed by atoms with E-state index >= 15 is 0 Å². The highest BCUT2D eigenvalue weighted by molar-refractivity contribution is 5.42. The van der Waals surface area contributed by atoms with Crippen molar-refractivity contribution in [2.45, 2.75) is 77.0 Å². The molecule has 3 heteroatoms. The molecule has 0 spiro atoms. The highest BCUT2D eigenvalue weighted by Crippen LogP contribution is 2.51. The lowest BCUT2D eigenvalue weighted by Crippen LogP contribution is -2.25. The summed E-state index contributed by atoms with van der Waals surface area (Å²) in [7, 11) is 0. The van der Waals surface area contributed by atoms with Crippen LogP contribution in [0.1, 0.15) is 87.6 Å². The molecule has 1 aromatic rings. The molecule has 0 bridgehead atoms. The maximum Gasteiger partial charge on any atom is 0.220 e. The van der Waals surface area contributed by atoms with E-state index in [-0.39, 0.29) is 0 Å². The van der Waals surface area contributed by atoms with Gasteiger partial charge < -0.3 is 5.73 Å². The SMILES string of the molecule is CCCC[C@H]1c2nc(N)nc3c2C(CC3)C[C@H]1CCC. The van der Waals surface area contributed by atoms with Crippen molar-refractivity contribution < 1.29 is 0 Å². The predicted octanol–water partition coefficient (Wildman–Crippen LogP) is 4.18. The van der Waals surface area contributed by atoms with Gasteiger partial charge in [0.1, 0.15) is 0 Å². The average Bonchev–Trinajstić information content (AvgIpc) is 2.82. The summed E-state index contributed by atoms with van der Waals surface area (Å²) in [5, 5.41) is 0. The van der Waals surface area contributed by atoms with Crippen LogP contribution in [0.4, 0.5) is 5.95 Å². The normalized spacial score (nSPS) is 27.6. The highest BCUT2D eigenvalue weighted by Gasteiger charge is 2.39. The molecule has 0 amide bonds. The Labute approximate surface area is 122 Å². The van der Waals surface area contributed by atoms with Crippen LogP contribution in [-0.2, 0) is 6.42 Å². The maximum atomic E-state index is 5.96. The lowest BCUT2D eigenvalue weighted by molar-refractivity contribution is 0.292. The smallest absolute Gasteiger partial charge is 0.220 e. The van der Waals surface area contributed by atoms with Crippen LogP contribution < -0.4 is 5.73 Å². The molecule has 110 valence electrons. The zero-order chi connectivity index (χ0) is 14.1. The number of anilines is 1. The number of hydrogen-bond acceptors (Lipinski definition) is 3. The summed E-state index contributed by atoms with van der Waals surface area (Å²) in [6, 6.07) is 0. The molecule has 0 fully saturated rings. The minimum Gasteiger partial charge on any atom is -0.368 e. The summed E-state index contributed by atoms with van der Waals surface area (Å²) in [5.74, 6) is 2.65. The van der Waals surface area contributed by atoms with Crippen LogP contribution in [0.2, 0.25) is 0 Å². The first kappa shape index (κ1) is 13.8. The number of nitrogens with two attached hydrogens (primary N) is 1. The molecule has 3 rings (SSSR count). The highest BCUT2D eigenvalue weighted by atomic mass is 15.0. The van der Waals surface area contributed by atoms with Crippen molar-refractivity contribution in [1.29, 1.82) is 0 Å². The Morgan fingerprint density at radius 1 is 1.15 bits per heavy atom. The van der Waals surface area contributed by atoms with Gasteiger partial charge in [-0.05, 0) is 43.1 Å². The molecular formula is C17H27N3. The van der Waals surface area contributed by atoms with Crippen LogP contribution in [0.15, 0.2) is 0 Å². The van der Waals surface area contributed by atoms with Gasteiger partial charge in [0.05, 0.1) is 5.69 Å². The van der Waals surface area contributed by atoms with E-state index < -0.39 is 0 Å². The molecule has 1 heterocycles. The summed E-state index contributed by atoms with van der Waals surface area (Å²) in [4.78, 5) is 9.20. The molecule has 1 aromatic heterocycles. The molecule has 2 aliphatic carbocycles. The van der Waals surface area contributed by atoms with Crippen molar-refractivity contribution in [3.05, 3.63) is 17.0 Å². The van der Waals surface area contributed by atoms with Crippen LogP contribution in [0.5, 0.6) is 0 Å². The summed E-state index contributed by atoms with van der Waals surface area (Å²) < 4.78 is 0. The molecule has 1 unspecified atom stereocenters. The van der Waals surface area contributed by atoms with Gasteiger partial charge >= 0.3 is 0 Å². The first-order chi connectivity index (χ1) is 9.74. The molecule has 3 nitrogen and oxygen atoms in total. The number of unbranched alkanes of at least 4 members (excludes halogenated alkanes) is 1. The third-order valence-corrected chi connectivity index (χ3v) is 5.24. The number of rotatable bonds is 5. The van der Waals surface area contributed by atoms with E-state index in [2.05, 4.69) is 18.8 Å². The Morgan fingerprint density at radius 3 is 2.75 bits per heavy atom. The zero-order valence-corrected chi connectivity index (χ0v) is 12.9. The number of hydrogen-bond donors (Lipinski definition) is 1. The van der Waals surface area contributed by atoms with E-state index in [0.29, 0.717) is 11.9 Å². The first-order valence-electron chi connectivity index (χ1n) is 8.40. The van der Waals surface area contributed by atoms with E-state index in [0.717, 1.165) is 18.3 Å². The van der Waals surface area contributed by atoms with E-state index in [1.807, 2.05) is 0 Å². The van der Waals surface area contributed by atoms with Crippen LogP contribution in [0, 0.1) is 5.92 Å². The largest absolute Gasteiger partial charge is 0.368 e. The summed E-state index contributed by atoms with van der Waals surface area (Å²) in [5.41, 5.74) is 10.0. The molecule has 0 radical (unpaired) electrons. The van der Waals surface area contributed by atoms with Crippen molar-refractivity contribution in [3.63, 3.8) is 0 Å². The lowest BCUT2D eigenvalue weighted by Gasteiger charge is -2.36. The van der Waals surface area contributed by atoms with Gasteiger partial charge in [0.2, 0.25) is 5.95 Å². The van der Waals surface area contributed by atoms with Gasteiger partial charge in [-0.25, -0.2) is 9.97 Å². The number of nitrogens with zero attached hydrogens (tertiary/aromatic N) is 2. The average molecular weight is 273 g/mol. The second-order valence-electron chi connectivity index (χ2n) is 6.60. The number of aromatic nitrogens is 2. The van der Waals surface area contributed by atoms with Crippen LogP contribution >= 0.6 is 0 Å². The molecule has 0 saturated heterocycles. The van der Waals surface area contributed by atoms with Crippen LogP contribution in [-0.4, -0.2) is 9.97 Å². The quantitative estimate of drug-likeness (QED) is 0.875. The first-order valence-corrected chi connectivity index (χ1v) is 8.40.